The van der Waals surface area contributed by atoms with Crippen molar-refractivity contribution < 1.29 is 0 Å². The van der Waals surface area contributed by atoms with Crippen LogP contribution in [0.25, 0.3) is 11.4 Å². The average molecular weight is 382 g/mol. The standard InChI is InChI=1S/C22H31N3.C3H8/c1-2-3-15-25-21(17-23-16-19-11-7-4-5-8-12-19)18-24-22(25)20-13-9-6-10-14-20;1-3-2/h6,9-10,13-14,16,18-19H,2-5,7-8,11-12,15,17H2,1H3;3H2,1-2H3. The number of imidazole rings is 1. The second-order valence-corrected chi connectivity index (χ2v) is 7.89. The van der Waals surface area contributed by atoms with Gasteiger partial charge in [-0.25, -0.2) is 4.98 Å². The summed E-state index contributed by atoms with van der Waals surface area (Å²) in [5.41, 5.74) is 2.43. The predicted octanol–water partition coefficient (Wildman–Crippen LogP) is 7.31. The fraction of sp³-hybridized carbons (Fsp3) is 0.600. The Kier molecular flexibility index (Phi) is 10.6. The summed E-state index contributed by atoms with van der Waals surface area (Å²) in [6.07, 6.45) is 16.0. The molecular weight excluding hydrogens is 342 g/mol. The lowest BCUT2D eigenvalue weighted by Gasteiger charge is -2.11. The molecule has 3 heteroatoms. The highest BCUT2D eigenvalue weighted by Crippen LogP contribution is 2.23. The third-order valence-corrected chi connectivity index (χ3v) is 5.17. The fourth-order valence-electron chi connectivity index (χ4n) is 3.68. The molecule has 0 bridgehead atoms. The first-order valence-electron chi connectivity index (χ1n) is 11.4. The van der Waals surface area contributed by atoms with Crippen LogP contribution in [0.1, 0.15) is 84.3 Å². The van der Waals surface area contributed by atoms with Gasteiger partial charge >= 0.3 is 0 Å². The monoisotopic (exact) mass is 381 g/mol. The van der Waals surface area contributed by atoms with E-state index >= 15 is 0 Å². The molecule has 1 aromatic heterocycles. The van der Waals surface area contributed by atoms with Crippen LogP contribution in [0.4, 0.5) is 0 Å². The Bertz CT molecular complexity index is 664. The zero-order valence-electron chi connectivity index (χ0n) is 18.2. The first kappa shape index (κ1) is 22.4. The van der Waals surface area contributed by atoms with Gasteiger partial charge in [-0.05, 0) is 25.2 Å². The molecule has 1 aliphatic rings. The maximum Gasteiger partial charge on any atom is 0.140 e. The van der Waals surface area contributed by atoms with Crippen molar-refractivity contribution in [3.8, 4) is 11.4 Å². The van der Waals surface area contributed by atoms with Gasteiger partial charge in [-0.1, -0.05) is 89.6 Å². The molecule has 28 heavy (non-hydrogen) atoms. The Morgan fingerprint density at radius 3 is 2.36 bits per heavy atom. The third-order valence-electron chi connectivity index (χ3n) is 5.17. The molecule has 2 aromatic rings. The summed E-state index contributed by atoms with van der Waals surface area (Å²) in [6, 6.07) is 10.5. The highest BCUT2D eigenvalue weighted by Gasteiger charge is 2.12. The van der Waals surface area contributed by atoms with E-state index in [9.17, 15) is 0 Å². The molecule has 154 valence electrons. The molecule has 0 radical (unpaired) electrons. The smallest absolute Gasteiger partial charge is 0.140 e. The molecule has 0 amide bonds. The van der Waals surface area contributed by atoms with Crippen molar-refractivity contribution in [2.24, 2.45) is 10.9 Å². The van der Waals surface area contributed by atoms with Crippen LogP contribution >= 0.6 is 0 Å². The van der Waals surface area contributed by atoms with Gasteiger partial charge in [-0.2, -0.15) is 0 Å². The Hall–Kier alpha value is -1.90. The number of aromatic nitrogens is 2. The van der Waals surface area contributed by atoms with Crippen molar-refractivity contribution in [3.05, 3.63) is 42.2 Å². The SMILES string of the molecule is CCC.CCCCn1c(CN=CC2CCCCCC2)cnc1-c1ccccc1. The van der Waals surface area contributed by atoms with Gasteiger partial charge in [0.15, 0.2) is 0 Å². The maximum absolute atomic E-state index is 4.80. The number of nitrogens with zero attached hydrogens (tertiary/aromatic N) is 3. The summed E-state index contributed by atoms with van der Waals surface area (Å²) in [7, 11) is 0. The normalized spacial score (nSPS) is 15.2. The van der Waals surface area contributed by atoms with Crippen LogP contribution in [0.2, 0.25) is 0 Å². The predicted molar refractivity (Wildman–Crippen MR) is 122 cm³/mol. The summed E-state index contributed by atoms with van der Waals surface area (Å²) >= 11 is 0. The molecule has 0 unspecified atom stereocenters. The Labute approximate surface area is 172 Å². The number of unbranched alkanes of at least 4 members (excludes halogenated alkanes) is 1. The highest BCUT2D eigenvalue weighted by molar-refractivity contribution is 5.61. The number of hydrogen-bond donors (Lipinski definition) is 0. The van der Waals surface area contributed by atoms with Crippen molar-refractivity contribution >= 4 is 6.21 Å². The van der Waals surface area contributed by atoms with Gasteiger partial charge in [0, 0.05) is 18.3 Å². The Morgan fingerprint density at radius 2 is 1.71 bits per heavy atom. The van der Waals surface area contributed by atoms with Crippen molar-refractivity contribution in [2.45, 2.75) is 91.6 Å². The topological polar surface area (TPSA) is 30.2 Å². The molecule has 0 N–H and O–H groups in total. The zero-order valence-corrected chi connectivity index (χ0v) is 18.2. The lowest BCUT2D eigenvalue weighted by Crippen LogP contribution is -2.06. The van der Waals surface area contributed by atoms with Crippen molar-refractivity contribution in [1.29, 1.82) is 0 Å². The quantitative estimate of drug-likeness (QED) is 0.365. The van der Waals surface area contributed by atoms with Gasteiger partial charge in [0.1, 0.15) is 5.82 Å². The van der Waals surface area contributed by atoms with Crippen LogP contribution in [0.3, 0.4) is 0 Å². The van der Waals surface area contributed by atoms with Crippen molar-refractivity contribution in [3.63, 3.8) is 0 Å². The van der Waals surface area contributed by atoms with E-state index in [1.54, 1.807) is 0 Å². The largest absolute Gasteiger partial charge is 0.326 e. The van der Waals surface area contributed by atoms with Crippen LogP contribution < -0.4 is 0 Å². The van der Waals surface area contributed by atoms with Crippen LogP contribution in [0, 0.1) is 5.92 Å². The molecule has 1 aliphatic carbocycles. The van der Waals surface area contributed by atoms with Gasteiger partial charge in [0.2, 0.25) is 0 Å². The minimum absolute atomic E-state index is 0.683. The van der Waals surface area contributed by atoms with E-state index in [0.717, 1.165) is 18.9 Å². The first-order valence-corrected chi connectivity index (χ1v) is 11.4. The number of hydrogen-bond acceptors (Lipinski definition) is 2. The van der Waals surface area contributed by atoms with Crippen LogP contribution in [0.15, 0.2) is 41.5 Å². The summed E-state index contributed by atoms with van der Waals surface area (Å²) in [5, 5.41) is 0. The Balaban J connectivity index is 0.000000878. The molecule has 1 aromatic carbocycles. The second-order valence-electron chi connectivity index (χ2n) is 7.89. The van der Waals surface area contributed by atoms with Gasteiger partial charge in [0.05, 0.1) is 18.4 Å². The molecule has 1 heterocycles. The molecule has 0 saturated heterocycles. The minimum atomic E-state index is 0.683. The summed E-state index contributed by atoms with van der Waals surface area (Å²) in [5.74, 6) is 1.76. The van der Waals surface area contributed by atoms with E-state index in [0.29, 0.717) is 5.92 Å². The van der Waals surface area contributed by atoms with E-state index < -0.39 is 0 Å². The van der Waals surface area contributed by atoms with Crippen LogP contribution in [0.5, 0.6) is 0 Å². The lowest BCUT2D eigenvalue weighted by atomic mass is 10.0. The van der Waals surface area contributed by atoms with E-state index in [1.807, 2.05) is 6.20 Å². The summed E-state index contributed by atoms with van der Waals surface area (Å²) in [4.78, 5) is 9.51. The molecule has 3 rings (SSSR count). The lowest BCUT2D eigenvalue weighted by molar-refractivity contribution is 0.595. The number of benzene rings is 1. The molecule has 0 spiro atoms. The maximum atomic E-state index is 4.80. The molecule has 3 nitrogen and oxygen atoms in total. The Morgan fingerprint density at radius 1 is 1.04 bits per heavy atom. The third kappa shape index (κ3) is 7.26. The summed E-state index contributed by atoms with van der Waals surface area (Å²) in [6.45, 7) is 8.26. The van der Waals surface area contributed by atoms with Crippen LogP contribution in [-0.4, -0.2) is 15.8 Å². The molecular formula is C25H39N3. The van der Waals surface area contributed by atoms with Crippen LogP contribution in [-0.2, 0) is 13.1 Å². The molecule has 1 saturated carbocycles. The van der Waals surface area contributed by atoms with E-state index in [4.69, 9.17) is 9.98 Å². The number of aliphatic imine (C=N–C) groups is 1. The highest BCUT2D eigenvalue weighted by atomic mass is 15.1. The van der Waals surface area contributed by atoms with E-state index in [1.165, 1.54) is 69.0 Å². The average Bonchev–Trinajstić information content (AvgIpc) is 2.93. The second kappa shape index (κ2) is 13.3. The minimum Gasteiger partial charge on any atom is -0.326 e. The van der Waals surface area contributed by atoms with Gasteiger partial charge in [0.25, 0.3) is 0 Å². The molecule has 1 fully saturated rings. The molecule has 0 atom stereocenters. The zero-order chi connectivity index (χ0) is 20.0. The number of rotatable bonds is 7. The summed E-state index contributed by atoms with van der Waals surface area (Å²) < 4.78 is 2.36. The van der Waals surface area contributed by atoms with E-state index in [2.05, 4.69) is 61.9 Å². The first-order chi connectivity index (χ1) is 13.8. The van der Waals surface area contributed by atoms with Crippen molar-refractivity contribution in [1.82, 2.24) is 9.55 Å². The van der Waals surface area contributed by atoms with Crippen molar-refractivity contribution in [2.75, 3.05) is 0 Å². The van der Waals surface area contributed by atoms with Gasteiger partial charge in [-0.15, -0.1) is 0 Å². The fourth-order valence-corrected chi connectivity index (χ4v) is 3.68. The van der Waals surface area contributed by atoms with Gasteiger partial charge < -0.3 is 4.57 Å². The van der Waals surface area contributed by atoms with E-state index in [-0.39, 0.29) is 0 Å². The van der Waals surface area contributed by atoms with Gasteiger partial charge in [-0.3, -0.25) is 4.99 Å². The molecule has 0 aliphatic heterocycles.